The fraction of sp³-hybridized carbons (Fsp3) is 0.474. The van der Waals surface area contributed by atoms with Gasteiger partial charge >= 0.3 is 6.09 Å². The number of nitrogens with zero attached hydrogens (tertiary/aromatic N) is 1. The van der Waals surface area contributed by atoms with Gasteiger partial charge < -0.3 is 24.4 Å². The third-order valence-electron chi connectivity index (χ3n) is 4.20. The number of hydrogen-bond acceptors (Lipinski definition) is 5. The Bertz CT molecular complexity index is 651. The minimum absolute atomic E-state index is 0.0585. The second-order valence-corrected chi connectivity index (χ2v) is 5.92. The van der Waals surface area contributed by atoms with Crippen LogP contribution in [-0.2, 0) is 9.53 Å². The van der Waals surface area contributed by atoms with E-state index in [0.717, 1.165) is 18.4 Å². The van der Waals surface area contributed by atoms with Crippen LogP contribution in [0.25, 0.3) is 6.08 Å². The number of methoxy groups -OCH3 is 2. The fourth-order valence-electron chi connectivity index (χ4n) is 2.80. The number of benzene rings is 1. The van der Waals surface area contributed by atoms with Gasteiger partial charge in [0.15, 0.2) is 11.5 Å². The van der Waals surface area contributed by atoms with Crippen molar-refractivity contribution in [2.24, 2.45) is 0 Å². The predicted molar refractivity (Wildman–Crippen MR) is 98.3 cm³/mol. The Labute approximate surface area is 153 Å². The van der Waals surface area contributed by atoms with E-state index in [-0.39, 0.29) is 18.0 Å². The van der Waals surface area contributed by atoms with E-state index in [1.165, 1.54) is 6.08 Å². The summed E-state index contributed by atoms with van der Waals surface area (Å²) in [5.41, 5.74) is 0.843. The van der Waals surface area contributed by atoms with Crippen molar-refractivity contribution in [1.29, 1.82) is 0 Å². The van der Waals surface area contributed by atoms with Crippen LogP contribution in [0.1, 0.15) is 25.3 Å². The Kier molecular flexibility index (Phi) is 7.32. The normalized spacial score (nSPS) is 15.0. The number of amides is 2. The Hall–Kier alpha value is -2.70. The monoisotopic (exact) mass is 362 g/mol. The Morgan fingerprint density at radius 3 is 2.50 bits per heavy atom. The van der Waals surface area contributed by atoms with Gasteiger partial charge in [0, 0.05) is 25.2 Å². The number of carbonyl (C=O) groups excluding carboxylic acids is 2. The summed E-state index contributed by atoms with van der Waals surface area (Å²) in [5, 5.41) is 2.97. The minimum atomic E-state index is -0.286. The summed E-state index contributed by atoms with van der Waals surface area (Å²) in [6.45, 7) is 3.33. The molecule has 1 aromatic carbocycles. The second-order valence-electron chi connectivity index (χ2n) is 5.92. The molecular formula is C19H26N2O5. The molecule has 0 aliphatic carbocycles. The smallest absolute Gasteiger partial charge is 0.409 e. The summed E-state index contributed by atoms with van der Waals surface area (Å²) in [6.07, 6.45) is 4.37. The van der Waals surface area contributed by atoms with E-state index < -0.39 is 0 Å². The highest BCUT2D eigenvalue weighted by Crippen LogP contribution is 2.27. The van der Waals surface area contributed by atoms with E-state index >= 15 is 0 Å². The van der Waals surface area contributed by atoms with Crippen LogP contribution in [0.3, 0.4) is 0 Å². The van der Waals surface area contributed by atoms with E-state index in [0.29, 0.717) is 31.2 Å². The van der Waals surface area contributed by atoms with Crippen LogP contribution in [0.2, 0.25) is 0 Å². The van der Waals surface area contributed by atoms with Gasteiger partial charge in [-0.15, -0.1) is 0 Å². The van der Waals surface area contributed by atoms with Crippen molar-refractivity contribution in [3.63, 3.8) is 0 Å². The zero-order chi connectivity index (χ0) is 18.9. The molecule has 2 rings (SSSR count). The lowest BCUT2D eigenvalue weighted by Gasteiger charge is -2.31. The molecule has 26 heavy (non-hydrogen) atoms. The van der Waals surface area contributed by atoms with Gasteiger partial charge in [-0.25, -0.2) is 4.79 Å². The molecule has 142 valence electrons. The van der Waals surface area contributed by atoms with E-state index in [4.69, 9.17) is 14.2 Å². The lowest BCUT2D eigenvalue weighted by atomic mass is 10.1. The van der Waals surface area contributed by atoms with E-state index in [2.05, 4.69) is 5.32 Å². The largest absolute Gasteiger partial charge is 0.493 e. The van der Waals surface area contributed by atoms with Crippen LogP contribution in [0.4, 0.5) is 4.79 Å². The molecule has 1 heterocycles. The van der Waals surface area contributed by atoms with E-state index in [9.17, 15) is 9.59 Å². The lowest BCUT2D eigenvalue weighted by Crippen LogP contribution is -2.46. The van der Waals surface area contributed by atoms with Gasteiger partial charge in [0.2, 0.25) is 5.91 Å². The Balaban J connectivity index is 1.84. The van der Waals surface area contributed by atoms with Gasteiger partial charge in [0.1, 0.15) is 0 Å². The summed E-state index contributed by atoms with van der Waals surface area (Å²) in [6, 6.07) is 5.51. The van der Waals surface area contributed by atoms with Gasteiger partial charge in [-0.1, -0.05) is 6.07 Å². The van der Waals surface area contributed by atoms with Crippen LogP contribution in [0.15, 0.2) is 24.3 Å². The molecule has 1 aromatic rings. The molecule has 7 heteroatoms. The number of carbonyl (C=O) groups is 2. The maximum atomic E-state index is 12.1. The minimum Gasteiger partial charge on any atom is -0.493 e. The SMILES string of the molecule is CCOC(=O)N1CCC(NC(=O)/C=C/c2ccc(OC)c(OC)c2)CC1. The first-order chi connectivity index (χ1) is 12.6. The molecule has 1 N–H and O–H groups in total. The summed E-state index contributed by atoms with van der Waals surface area (Å²) in [4.78, 5) is 25.5. The lowest BCUT2D eigenvalue weighted by molar-refractivity contribution is -0.117. The third-order valence-corrected chi connectivity index (χ3v) is 4.20. The topological polar surface area (TPSA) is 77.1 Å². The highest BCUT2D eigenvalue weighted by molar-refractivity contribution is 5.92. The molecule has 7 nitrogen and oxygen atoms in total. The van der Waals surface area contributed by atoms with Crippen LogP contribution < -0.4 is 14.8 Å². The van der Waals surface area contributed by atoms with Crippen molar-refractivity contribution in [2.75, 3.05) is 33.9 Å². The number of piperidine rings is 1. The highest BCUT2D eigenvalue weighted by atomic mass is 16.6. The quantitative estimate of drug-likeness (QED) is 0.787. The molecule has 0 spiro atoms. The first kappa shape index (κ1) is 19.6. The van der Waals surface area contributed by atoms with Gasteiger partial charge in [-0.3, -0.25) is 4.79 Å². The standard InChI is InChI=1S/C19H26N2O5/c1-4-26-19(23)21-11-9-15(10-12-21)20-18(22)8-6-14-5-7-16(24-2)17(13-14)25-3/h5-8,13,15H,4,9-12H2,1-3H3,(H,20,22)/b8-6+. The van der Waals surface area contributed by atoms with Gasteiger partial charge in [-0.2, -0.15) is 0 Å². The molecule has 0 atom stereocenters. The number of ether oxygens (including phenoxy) is 3. The molecule has 0 radical (unpaired) electrons. The summed E-state index contributed by atoms with van der Waals surface area (Å²) in [7, 11) is 3.15. The first-order valence-corrected chi connectivity index (χ1v) is 8.69. The van der Waals surface area contributed by atoms with Crippen molar-refractivity contribution in [1.82, 2.24) is 10.2 Å². The van der Waals surface area contributed by atoms with Crippen LogP contribution in [0.5, 0.6) is 11.5 Å². The van der Waals surface area contributed by atoms with E-state index in [1.807, 2.05) is 6.07 Å². The first-order valence-electron chi connectivity index (χ1n) is 8.69. The van der Waals surface area contributed by atoms with Crippen LogP contribution in [-0.4, -0.2) is 56.9 Å². The van der Waals surface area contributed by atoms with E-state index in [1.54, 1.807) is 44.3 Å². The average molecular weight is 362 g/mol. The number of nitrogens with one attached hydrogen (secondary N) is 1. The van der Waals surface area contributed by atoms with Crippen LogP contribution in [0, 0.1) is 0 Å². The van der Waals surface area contributed by atoms with Crippen molar-refractivity contribution in [3.8, 4) is 11.5 Å². The second kappa shape index (κ2) is 9.70. The molecule has 1 aliphatic rings. The Morgan fingerprint density at radius 2 is 1.88 bits per heavy atom. The summed E-state index contributed by atoms with van der Waals surface area (Å²) in [5.74, 6) is 1.10. The van der Waals surface area contributed by atoms with Crippen molar-refractivity contribution >= 4 is 18.1 Å². The van der Waals surface area contributed by atoms with Gasteiger partial charge in [-0.05, 0) is 43.5 Å². The Morgan fingerprint density at radius 1 is 1.19 bits per heavy atom. The van der Waals surface area contributed by atoms with Gasteiger partial charge in [0.25, 0.3) is 0 Å². The third kappa shape index (κ3) is 5.40. The van der Waals surface area contributed by atoms with Gasteiger partial charge in [0.05, 0.1) is 20.8 Å². The fourth-order valence-corrected chi connectivity index (χ4v) is 2.80. The molecule has 2 amide bonds. The molecule has 0 bridgehead atoms. The molecular weight excluding hydrogens is 336 g/mol. The van der Waals surface area contributed by atoms with Crippen molar-refractivity contribution in [2.45, 2.75) is 25.8 Å². The maximum Gasteiger partial charge on any atom is 0.409 e. The summed E-state index contributed by atoms with van der Waals surface area (Å²) < 4.78 is 15.4. The molecule has 1 saturated heterocycles. The number of likely N-dealkylation sites (tertiary alicyclic amines) is 1. The molecule has 1 aliphatic heterocycles. The molecule has 0 saturated carbocycles. The predicted octanol–water partition coefficient (Wildman–Crippen LogP) is 2.45. The zero-order valence-corrected chi connectivity index (χ0v) is 15.5. The number of hydrogen-bond donors (Lipinski definition) is 1. The van der Waals surface area contributed by atoms with Crippen LogP contribution >= 0.6 is 0 Å². The molecule has 1 fully saturated rings. The zero-order valence-electron chi connectivity index (χ0n) is 15.5. The van der Waals surface area contributed by atoms with Crippen molar-refractivity contribution in [3.05, 3.63) is 29.8 Å². The molecule has 0 aromatic heterocycles. The summed E-state index contributed by atoms with van der Waals surface area (Å²) >= 11 is 0. The highest BCUT2D eigenvalue weighted by Gasteiger charge is 2.23. The maximum absolute atomic E-state index is 12.1. The average Bonchev–Trinajstić information content (AvgIpc) is 2.66. The molecule has 0 unspecified atom stereocenters. The van der Waals surface area contributed by atoms with Crippen molar-refractivity contribution < 1.29 is 23.8 Å². The number of rotatable bonds is 6.